The Hall–Kier alpha value is -1.14. The zero-order valence-electron chi connectivity index (χ0n) is 9.04. The van der Waals surface area contributed by atoms with E-state index in [-0.39, 0.29) is 14.9 Å². The molecule has 0 fully saturated rings. The number of rotatable bonds is 2. The fourth-order valence-electron chi connectivity index (χ4n) is 0.999. The molecule has 0 aromatic carbocycles. The van der Waals surface area contributed by atoms with Crippen LogP contribution in [0.5, 0.6) is 0 Å². The molecule has 1 amide bonds. The molecule has 1 aromatic rings. The lowest BCUT2D eigenvalue weighted by Crippen LogP contribution is -2.40. The van der Waals surface area contributed by atoms with Gasteiger partial charge in [-0.1, -0.05) is 22.9 Å². The standard InChI is InChI=1S/C9H11ClN2O3S/c1-9(2,3)11-8(13)7-5(10)4-6(16-7)12(14)15/h4H,1-3H3,(H,11,13). The summed E-state index contributed by atoms with van der Waals surface area (Å²) in [6, 6.07) is 1.18. The molecule has 0 bridgehead atoms. The third-order valence-electron chi connectivity index (χ3n) is 1.55. The van der Waals surface area contributed by atoms with Crippen LogP contribution in [-0.4, -0.2) is 16.4 Å². The number of hydrogen-bond donors (Lipinski definition) is 1. The van der Waals surface area contributed by atoms with E-state index in [1.54, 1.807) is 0 Å². The van der Waals surface area contributed by atoms with E-state index in [1.165, 1.54) is 6.07 Å². The summed E-state index contributed by atoms with van der Waals surface area (Å²) in [6.45, 7) is 5.46. The van der Waals surface area contributed by atoms with Crippen LogP contribution in [0.4, 0.5) is 5.00 Å². The van der Waals surface area contributed by atoms with Crippen molar-refractivity contribution < 1.29 is 9.72 Å². The van der Waals surface area contributed by atoms with Gasteiger partial charge >= 0.3 is 5.00 Å². The highest BCUT2D eigenvalue weighted by molar-refractivity contribution is 7.17. The van der Waals surface area contributed by atoms with Crippen LogP contribution in [0.25, 0.3) is 0 Å². The number of carbonyl (C=O) groups excluding carboxylic acids is 1. The minimum absolute atomic E-state index is 0.110. The number of amides is 1. The van der Waals surface area contributed by atoms with Crippen molar-refractivity contribution in [3.05, 3.63) is 26.1 Å². The van der Waals surface area contributed by atoms with E-state index >= 15 is 0 Å². The Kier molecular flexibility index (Phi) is 3.54. The highest BCUT2D eigenvalue weighted by Gasteiger charge is 2.23. The van der Waals surface area contributed by atoms with Gasteiger partial charge in [-0.2, -0.15) is 0 Å². The second-order valence-corrected chi connectivity index (χ2v) is 5.66. The number of halogens is 1. The number of nitro groups is 1. The molecular weight excluding hydrogens is 252 g/mol. The van der Waals surface area contributed by atoms with Crippen LogP contribution in [-0.2, 0) is 0 Å². The molecule has 0 saturated heterocycles. The largest absolute Gasteiger partial charge is 0.347 e. The van der Waals surface area contributed by atoms with Crippen molar-refractivity contribution in [1.29, 1.82) is 0 Å². The highest BCUT2D eigenvalue weighted by atomic mass is 35.5. The third-order valence-corrected chi connectivity index (χ3v) is 3.04. The molecule has 0 aliphatic carbocycles. The van der Waals surface area contributed by atoms with Crippen molar-refractivity contribution in [3.8, 4) is 0 Å². The molecule has 88 valence electrons. The van der Waals surface area contributed by atoms with Crippen LogP contribution in [0, 0.1) is 10.1 Å². The summed E-state index contributed by atoms with van der Waals surface area (Å²) in [4.78, 5) is 21.8. The molecule has 1 N–H and O–H groups in total. The monoisotopic (exact) mass is 262 g/mol. The van der Waals surface area contributed by atoms with Crippen LogP contribution in [0.2, 0.25) is 5.02 Å². The molecule has 1 heterocycles. The van der Waals surface area contributed by atoms with Crippen molar-refractivity contribution >= 4 is 33.8 Å². The zero-order chi connectivity index (χ0) is 12.5. The van der Waals surface area contributed by atoms with Gasteiger partial charge in [0.2, 0.25) is 0 Å². The van der Waals surface area contributed by atoms with Crippen molar-refractivity contribution in [2.45, 2.75) is 26.3 Å². The molecule has 7 heteroatoms. The van der Waals surface area contributed by atoms with E-state index in [0.29, 0.717) is 0 Å². The molecule has 0 saturated carbocycles. The molecule has 0 atom stereocenters. The molecule has 0 unspecified atom stereocenters. The second-order valence-electron chi connectivity index (χ2n) is 4.22. The first-order chi connectivity index (χ1) is 7.20. The van der Waals surface area contributed by atoms with E-state index in [2.05, 4.69) is 5.32 Å². The van der Waals surface area contributed by atoms with Gasteiger partial charge in [-0.25, -0.2) is 0 Å². The third kappa shape index (κ3) is 3.18. The van der Waals surface area contributed by atoms with Crippen molar-refractivity contribution in [1.82, 2.24) is 5.32 Å². The van der Waals surface area contributed by atoms with Gasteiger partial charge in [0.15, 0.2) is 0 Å². The summed E-state index contributed by atoms with van der Waals surface area (Å²) in [5, 5.41) is 13.2. The van der Waals surface area contributed by atoms with E-state index in [0.717, 1.165) is 11.3 Å². The second kappa shape index (κ2) is 4.39. The zero-order valence-corrected chi connectivity index (χ0v) is 10.6. The Morgan fingerprint density at radius 2 is 2.12 bits per heavy atom. The average molecular weight is 263 g/mol. The van der Waals surface area contributed by atoms with Crippen LogP contribution < -0.4 is 5.32 Å². The van der Waals surface area contributed by atoms with E-state index in [9.17, 15) is 14.9 Å². The summed E-state index contributed by atoms with van der Waals surface area (Å²) in [5.41, 5.74) is -0.404. The Labute approximate surface area is 102 Å². The van der Waals surface area contributed by atoms with Gasteiger partial charge < -0.3 is 5.32 Å². The lowest BCUT2D eigenvalue weighted by atomic mass is 10.1. The van der Waals surface area contributed by atoms with Crippen LogP contribution >= 0.6 is 22.9 Å². The Balaban J connectivity index is 2.96. The predicted molar refractivity (Wildman–Crippen MR) is 63.2 cm³/mol. The quantitative estimate of drug-likeness (QED) is 0.658. The van der Waals surface area contributed by atoms with Gasteiger partial charge in [0, 0.05) is 11.6 Å². The molecular formula is C9H11ClN2O3S. The normalized spacial score (nSPS) is 11.2. The maximum Gasteiger partial charge on any atom is 0.326 e. The van der Waals surface area contributed by atoms with Crippen molar-refractivity contribution in [2.24, 2.45) is 0 Å². The summed E-state index contributed by atoms with van der Waals surface area (Å²) in [7, 11) is 0. The first kappa shape index (κ1) is 12.9. The Bertz CT molecular complexity index is 436. The van der Waals surface area contributed by atoms with E-state index < -0.39 is 16.4 Å². The first-order valence-electron chi connectivity index (χ1n) is 4.47. The average Bonchev–Trinajstić information content (AvgIpc) is 2.44. The number of nitrogens with one attached hydrogen (secondary N) is 1. The highest BCUT2D eigenvalue weighted by Crippen LogP contribution is 2.32. The van der Waals surface area contributed by atoms with Gasteiger partial charge in [0.05, 0.1) is 9.95 Å². The molecule has 5 nitrogen and oxygen atoms in total. The predicted octanol–water partition coefficient (Wildman–Crippen LogP) is 2.84. The fourth-order valence-corrected chi connectivity index (χ4v) is 2.13. The number of thiophene rings is 1. The molecule has 0 aliphatic heterocycles. The van der Waals surface area contributed by atoms with Gasteiger partial charge in [-0.05, 0) is 20.8 Å². The molecule has 0 aliphatic rings. The topological polar surface area (TPSA) is 72.2 Å². The minimum atomic E-state index is -0.565. The number of nitrogens with zero attached hydrogens (tertiary/aromatic N) is 1. The van der Waals surface area contributed by atoms with Gasteiger partial charge in [0.25, 0.3) is 5.91 Å². The Morgan fingerprint density at radius 1 is 1.56 bits per heavy atom. The lowest BCUT2D eigenvalue weighted by molar-refractivity contribution is -0.380. The smallest absolute Gasteiger partial charge is 0.326 e. The first-order valence-corrected chi connectivity index (χ1v) is 5.66. The molecule has 16 heavy (non-hydrogen) atoms. The number of hydrogen-bond acceptors (Lipinski definition) is 4. The summed E-state index contributed by atoms with van der Waals surface area (Å²) in [5.74, 6) is -0.393. The maximum atomic E-state index is 11.7. The van der Waals surface area contributed by atoms with Crippen molar-refractivity contribution in [3.63, 3.8) is 0 Å². The van der Waals surface area contributed by atoms with Gasteiger partial charge in [-0.3, -0.25) is 14.9 Å². The van der Waals surface area contributed by atoms with Crippen LogP contribution in [0.3, 0.4) is 0 Å². The molecule has 1 aromatic heterocycles. The minimum Gasteiger partial charge on any atom is -0.347 e. The van der Waals surface area contributed by atoms with Crippen molar-refractivity contribution in [2.75, 3.05) is 0 Å². The van der Waals surface area contributed by atoms with E-state index in [4.69, 9.17) is 11.6 Å². The lowest BCUT2D eigenvalue weighted by Gasteiger charge is -2.19. The maximum absolute atomic E-state index is 11.7. The molecule has 0 spiro atoms. The SMILES string of the molecule is CC(C)(C)NC(=O)c1sc([N+](=O)[O-])cc1Cl. The van der Waals surface area contributed by atoms with E-state index in [1.807, 2.05) is 20.8 Å². The van der Waals surface area contributed by atoms with Crippen LogP contribution in [0.15, 0.2) is 6.07 Å². The molecule has 0 radical (unpaired) electrons. The van der Waals surface area contributed by atoms with Gasteiger partial charge in [0.1, 0.15) is 4.88 Å². The van der Waals surface area contributed by atoms with Gasteiger partial charge in [-0.15, -0.1) is 0 Å². The number of carbonyl (C=O) groups is 1. The van der Waals surface area contributed by atoms with Crippen LogP contribution in [0.1, 0.15) is 30.4 Å². The summed E-state index contributed by atoms with van der Waals surface area (Å²) >= 11 is 6.53. The summed E-state index contributed by atoms with van der Waals surface area (Å²) < 4.78 is 0. The Morgan fingerprint density at radius 3 is 2.50 bits per heavy atom. The summed E-state index contributed by atoms with van der Waals surface area (Å²) in [6.07, 6.45) is 0. The fraction of sp³-hybridized carbons (Fsp3) is 0.444. The molecule has 1 rings (SSSR count).